The molecular weight excluding hydrogens is 238 g/mol. The normalized spacial score (nSPS) is 16.5. The number of H-pyrrole nitrogens is 1. The van der Waals surface area contributed by atoms with Gasteiger partial charge >= 0.3 is 0 Å². The summed E-state index contributed by atoms with van der Waals surface area (Å²) in [7, 11) is 0. The molecule has 0 bridgehead atoms. The number of pyridine rings is 1. The van der Waals surface area contributed by atoms with Crippen LogP contribution in [0.5, 0.6) is 0 Å². The molecule has 1 aliphatic heterocycles. The second kappa shape index (κ2) is 5.43. The summed E-state index contributed by atoms with van der Waals surface area (Å²) in [6.45, 7) is 1.83. The number of rotatable bonds is 2. The Morgan fingerprint density at radius 1 is 1.26 bits per heavy atom. The van der Waals surface area contributed by atoms with Gasteiger partial charge in [-0.1, -0.05) is 12.8 Å². The van der Waals surface area contributed by atoms with Crippen molar-refractivity contribution in [3.8, 4) is 0 Å². The lowest BCUT2D eigenvalue weighted by Gasteiger charge is -2.20. The third kappa shape index (κ3) is 2.62. The average Bonchev–Trinajstić information content (AvgIpc) is 2.66. The molecule has 1 amide bonds. The van der Waals surface area contributed by atoms with E-state index >= 15 is 0 Å². The van der Waals surface area contributed by atoms with Crippen LogP contribution in [0.4, 0.5) is 0 Å². The van der Waals surface area contributed by atoms with Crippen molar-refractivity contribution in [3.63, 3.8) is 0 Å². The van der Waals surface area contributed by atoms with Gasteiger partial charge in [0, 0.05) is 30.9 Å². The van der Waals surface area contributed by atoms with Crippen LogP contribution in [-0.2, 0) is 11.2 Å². The summed E-state index contributed by atoms with van der Waals surface area (Å²) in [5, 5.41) is 1.06. The molecule has 0 spiro atoms. The molecule has 1 aliphatic rings. The molecule has 100 valence electrons. The van der Waals surface area contributed by atoms with E-state index in [4.69, 9.17) is 0 Å². The zero-order valence-electron chi connectivity index (χ0n) is 11.1. The Balaban J connectivity index is 1.75. The topological polar surface area (TPSA) is 49.0 Å². The predicted molar refractivity (Wildman–Crippen MR) is 74.8 cm³/mol. The largest absolute Gasteiger partial charge is 0.346 e. The molecule has 0 unspecified atom stereocenters. The zero-order chi connectivity index (χ0) is 13.1. The van der Waals surface area contributed by atoms with E-state index in [2.05, 4.69) is 9.97 Å². The summed E-state index contributed by atoms with van der Waals surface area (Å²) in [6.07, 6.45) is 8.93. The van der Waals surface area contributed by atoms with Crippen LogP contribution in [0.25, 0.3) is 11.0 Å². The molecule has 3 heterocycles. The Bertz CT molecular complexity index is 568. The number of likely N-dealkylation sites (tertiary alicyclic amines) is 1. The first-order valence-corrected chi connectivity index (χ1v) is 7.03. The van der Waals surface area contributed by atoms with Crippen LogP contribution >= 0.6 is 0 Å². The first-order chi connectivity index (χ1) is 9.34. The highest BCUT2D eigenvalue weighted by Gasteiger charge is 2.17. The molecule has 0 aromatic carbocycles. The van der Waals surface area contributed by atoms with Gasteiger partial charge in [0.1, 0.15) is 5.65 Å². The fourth-order valence-electron chi connectivity index (χ4n) is 2.75. The van der Waals surface area contributed by atoms with Crippen molar-refractivity contribution in [1.29, 1.82) is 0 Å². The lowest BCUT2D eigenvalue weighted by molar-refractivity contribution is -0.130. The number of nitrogens with one attached hydrogen (secondary N) is 1. The number of carbonyl (C=O) groups excluding carboxylic acids is 1. The van der Waals surface area contributed by atoms with Crippen molar-refractivity contribution in [1.82, 2.24) is 14.9 Å². The molecule has 4 nitrogen and oxygen atoms in total. The summed E-state index contributed by atoms with van der Waals surface area (Å²) >= 11 is 0. The maximum Gasteiger partial charge on any atom is 0.227 e. The summed E-state index contributed by atoms with van der Waals surface area (Å²) < 4.78 is 0. The number of hydrogen-bond donors (Lipinski definition) is 1. The third-order valence-electron chi connectivity index (χ3n) is 3.84. The first kappa shape index (κ1) is 12.2. The highest BCUT2D eigenvalue weighted by Crippen LogP contribution is 2.18. The number of nitrogens with zero attached hydrogens (tertiary/aromatic N) is 2. The van der Waals surface area contributed by atoms with Crippen LogP contribution in [0.2, 0.25) is 0 Å². The third-order valence-corrected chi connectivity index (χ3v) is 3.84. The summed E-state index contributed by atoms with van der Waals surface area (Å²) in [5.74, 6) is 0.242. The van der Waals surface area contributed by atoms with Gasteiger partial charge in [-0.3, -0.25) is 4.79 Å². The van der Waals surface area contributed by atoms with Crippen molar-refractivity contribution in [2.75, 3.05) is 13.1 Å². The van der Waals surface area contributed by atoms with Gasteiger partial charge in [-0.25, -0.2) is 4.98 Å². The van der Waals surface area contributed by atoms with E-state index in [0.29, 0.717) is 6.42 Å². The number of hydrogen-bond acceptors (Lipinski definition) is 2. The van der Waals surface area contributed by atoms with Gasteiger partial charge in [0.15, 0.2) is 0 Å². The van der Waals surface area contributed by atoms with E-state index in [1.54, 1.807) is 6.20 Å². The molecule has 0 radical (unpaired) electrons. The van der Waals surface area contributed by atoms with E-state index in [-0.39, 0.29) is 5.91 Å². The molecule has 19 heavy (non-hydrogen) atoms. The van der Waals surface area contributed by atoms with Gasteiger partial charge in [-0.2, -0.15) is 0 Å². The van der Waals surface area contributed by atoms with Crippen LogP contribution in [0.15, 0.2) is 24.5 Å². The van der Waals surface area contributed by atoms with Crippen LogP contribution < -0.4 is 0 Å². The molecule has 0 aliphatic carbocycles. The van der Waals surface area contributed by atoms with E-state index in [9.17, 15) is 4.79 Å². The van der Waals surface area contributed by atoms with Crippen LogP contribution in [0.3, 0.4) is 0 Å². The predicted octanol–water partition coefficient (Wildman–Crippen LogP) is 2.51. The molecule has 2 aromatic heterocycles. The average molecular weight is 257 g/mol. The smallest absolute Gasteiger partial charge is 0.227 e. The number of aromatic amines is 1. The van der Waals surface area contributed by atoms with Gasteiger partial charge in [0.25, 0.3) is 0 Å². The van der Waals surface area contributed by atoms with E-state index in [1.165, 1.54) is 12.8 Å². The Hall–Kier alpha value is -1.84. The minimum atomic E-state index is 0.242. The van der Waals surface area contributed by atoms with Gasteiger partial charge < -0.3 is 9.88 Å². The number of carbonyl (C=O) groups is 1. The SMILES string of the molecule is O=C(Cc1c[nH]c2ncccc12)N1CCCCCC1. The Morgan fingerprint density at radius 2 is 2.05 bits per heavy atom. The fourth-order valence-corrected chi connectivity index (χ4v) is 2.75. The van der Waals surface area contributed by atoms with Crippen molar-refractivity contribution in [2.45, 2.75) is 32.1 Å². The summed E-state index contributed by atoms with van der Waals surface area (Å²) in [6, 6.07) is 3.93. The fraction of sp³-hybridized carbons (Fsp3) is 0.467. The molecule has 4 heteroatoms. The molecule has 0 saturated carbocycles. The lowest BCUT2D eigenvalue weighted by atomic mass is 10.1. The van der Waals surface area contributed by atoms with E-state index in [0.717, 1.165) is 42.5 Å². The number of aromatic nitrogens is 2. The van der Waals surface area contributed by atoms with Crippen molar-refractivity contribution >= 4 is 16.9 Å². The molecule has 2 aromatic rings. The quantitative estimate of drug-likeness (QED) is 0.898. The summed E-state index contributed by atoms with van der Waals surface area (Å²) in [5.41, 5.74) is 1.92. The van der Waals surface area contributed by atoms with Gasteiger partial charge in [-0.05, 0) is 30.5 Å². The van der Waals surface area contributed by atoms with Crippen molar-refractivity contribution < 1.29 is 4.79 Å². The van der Waals surface area contributed by atoms with Crippen LogP contribution in [-0.4, -0.2) is 33.9 Å². The minimum absolute atomic E-state index is 0.242. The monoisotopic (exact) mass is 257 g/mol. The van der Waals surface area contributed by atoms with Crippen molar-refractivity contribution in [2.24, 2.45) is 0 Å². The van der Waals surface area contributed by atoms with Crippen LogP contribution in [0.1, 0.15) is 31.2 Å². The Labute approximate surface area is 112 Å². The Morgan fingerprint density at radius 3 is 2.84 bits per heavy atom. The maximum atomic E-state index is 12.4. The molecular formula is C15H19N3O. The first-order valence-electron chi connectivity index (χ1n) is 7.03. The van der Waals surface area contributed by atoms with Gasteiger partial charge in [0.2, 0.25) is 5.91 Å². The molecule has 0 atom stereocenters. The molecule has 1 saturated heterocycles. The van der Waals surface area contributed by atoms with E-state index in [1.807, 2.05) is 23.2 Å². The maximum absolute atomic E-state index is 12.4. The number of amides is 1. The second-order valence-electron chi connectivity index (χ2n) is 5.19. The lowest BCUT2D eigenvalue weighted by Crippen LogP contribution is -2.33. The van der Waals surface area contributed by atoms with Gasteiger partial charge in [0.05, 0.1) is 6.42 Å². The van der Waals surface area contributed by atoms with Crippen LogP contribution in [0, 0.1) is 0 Å². The standard InChI is InChI=1S/C15H19N3O/c19-14(18-8-3-1-2-4-9-18)10-12-11-17-15-13(12)6-5-7-16-15/h5-7,11H,1-4,8-10H2,(H,16,17). The van der Waals surface area contributed by atoms with Gasteiger partial charge in [-0.15, -0.1) is 0 Å². The highest BCUT2D eigenvalue weighted by atomic mass is 16.2. The molecule has 3 rings (SSSR count). The second-order valence-corrected chi connectivity index (χ2v) is 5.19. The summed E-state index contributed by atoms with van der Waals surface area (Å²) in [4.78, 5) is 21.8. The molecule has 1 N–H and O–H groups in total. The minimum Gasteiger partial charge on any atom is -0.346 e. The zero-order valence-corrected chi connectivity index (χ0v) is 11.1. The number of fused-ring (bicyclic) bond motifs is 1. The highest BCUT2D eigenvalue weighted by molar-refractivity contribution is 5.87. The van der Waals surface area contributed by atoms with E-state index < -0.39 is 0 Å². The van der Waals surface area contributed by atoms with Crippen molar-refractivity contribution in [3.05, 3.63) is 30.1 Å². The molecule has 1 fully saturated rings. The Kier molecular flexibility index (Phi) is 3.49.